The van der Waals surface area contributed by atoms with Crippen molar-refractivity contribution in [3.8, 4) is 0 Å². The Morgan fingerprint density at radius 2 is 1.83 bits per heavy atom. The third-order valence-corrected chi connectivity index (χ3v) is 5.18. The van der Waals surface area contributed by atoms with Crippen LogP contribution in [0.25, 0.3) is 11.0 Å². The molecule has 0 aliphatic rings. The monoisotopic (exact) mass is 379 g/mol. The van der Waals surface area contributed by atoms with Gasteiger partial charge in [0, 0.05) is 33.5 Å². The molecular formula is C18H15Cl2NO2S. The lowest BCUT2D eigenvalue weighted by molar-refractivity contribution is 0.0930. The van der Waals surface area contributed by atoms with E-state index in [1.165, 1.54) is 0 Å². The first-order valence-electron chi connectivity index (χ1n) is 7.42. The number of fused-ring (bicyclic) bond motifs is 1. The first-order valence-corrected chi connectivity index (χ1v) is 9.33. The summed E-state index contributed by atoms with van der Waals surface area (Å²) in [6.45, 7) is 0.544. The second kappa shape index (κ2) is 7.97. The standard InChI is InChI=1S/C18H15Cl2NO2S/c19-14-5-3-6-15(20)13(14)11-24-9-8-21-18(22)17-10-12-4-1-2-7-16(12)23-17/h1-7,10H,8-9,11H2,(H,21,22). The number of carbonyl (C=O) groups is 1. The number of para-hydroxylation sites is 1. The largest absolute Gasteiger partial charge is 0.451 e. The molecule has 0 saturated carbocycles. The van der Waals surface area contributed by atoms with Gasteiger partial charge in [-0.3, -0.25) is 4.79 Å². The highest BCUT2D eigenvalue weighted by molar-refractivity contribution is 7.98. The van der Waals surface area contributed by atoms with Crippen LogP contribution in [0.15, 0.2) is 52.9 Å². The molecule has 1 N–H and O–H groups in total. The van der Waals surface area contributed by atoms with E-state index in [4.69, 9.17) is 27.6 Å². The lowest BCUT2D eigenvalue weighted by Gasteiger charge is -2.07. The van der Waals surface area contributed by atoms with Gasteiger partial charge in [-0.25, -0.2) is 0 Å². The van der Waals surface area contributed by atoms with Crippen LogP contribution in [0.1, 0.15) is 16.1 Å². The van der Waals surface area contributed by atoms with E-state index in [2.05, 4.69) is 5.32 Å². The maximum Gasteiger partial charge on any atom is 0.287 e. The topological polar surface area (TPSA) is 42.2 Å². The number of benzene rings is 2. The van der Waals surface area contributed by atoms with Gasteiger partial charge in [0.25, 0.3) is 5.91 Å². The first kappa shape index (κ1) is 17.2. The molecule has 24 heavy (non-hydrogen) atoms. The zero-order chi connectivity index (χ0) is 16.9. The third kappa shape index (κ3) is 4.07. The maximum atomic E-state index is 12.1. The Balaban J connectivity index is 1.47. The van der Waals surface area contributed by atoms with Crippen molar-refractivity contribution in [1.82, 2.24) is 5.32 Å². The third-order valence-electron chi connectivity index (χ3n) is 3.49. The summed E-state index contributed by atoms with van der Waals surface area (Å²) in [7, 11) is 0. The van der Waals surface area contributed by atoms with Crippen molar-refractivity contribution in [2.24, 2.45) is 0 Å². The smallest absolute Gasteiger partial charge is 0.287 e. The van der Waals surface area contributed by atoms with E-state index in [1.54, 1.807) is 17.8 Å². The minimum Gasteiger partial charge on any atom is -0.451 e. The number of nitrogens with one attached hydrogen (secondary N) is 1. The van der Waals surface area contributed by atoms with Crippen molar-refractivity contribution in [3.63, 3.8) is 0 Å². The van der Waals surface area contributed by atoms with Gasteiger partial charge < -0.3 is 9.73 Å². The highest BCUT2D eigenvalue weighted by atomic mass is 35.5. The Morgan fingerprint density at radius 3 is 2.58 bits per heavy atom. The van der Waals surface area contributed by atoms with Crippen LogP contribution in [0, 0.1) is 0 Å². The van der Waals surface area contributed by atoms with E-state index in [-0.39, 0.29) is 5.91 Å². The molecule has 0 unspecified atom stereocenters. The molecule has 0 radical (unpaired) electrons. The molecule has 6 heteroatoms. The van der Waals surface area contributed by atoms with Crippen LogP contribution in [0.4, 0.5) is 0 Å². The molecular weight excluding hydrogens is 365 g/mol. The number of carbonyl (C=O) groups excluding carboxylic acids is 1. The molecule has 0 bridgehead atoms. The van der Waals surface area contributed by atoms with Crippen LogP contribution >= 0.6 is 35.0 Å². The lowest BCUT2D eigenvalue weighted by atomic mass is 10.2. The van der Waals surface area contributed by atoms with Gasteiger partial charge in [0.2, 0.25) is 0 Å². The summed E-state index contributed by atoms with van der Waals surface area (Å²) in [6, 6.07) is 14.8. The number of furan rings is 1. The zero-order valence-electron chi connectivity index (χ0n) is 12.7. The fourth-order valence-electron chi connectivity index (χ4n) is 2.26. The second-order valence-electron chi connectivity index (χ2n) is 5.16. The quantitative estimate of drug-likeness (QED) is 0.582. The van der Waals surface area contributed by atoms with Crippen LogP contribution in [0.3, 0.4) is 0 Å². The molecule has 3 aromatic rings. The molecule has 0 aliphatic carbocycles. The summed E-state index contributed by atoms with van der Waals surface area (Å²) in [5.74, 6) is 1.59. The zero-order valence-corrected chi connectivity index (χ0v) is 15.0. The average Bonchev–Trinajstić information content (AvgIpc) is 3.01. The predicted molar refractivity (Wildman–Crippen MR) is 101 cm³/mol. The van der Waals surface area contributed by atoms with Crippen molar-refractivity contribution in [2.75, 3.05) is 12.3 Å². The van der Waals surface area contributed by atoms with Crippen LogP contribution < -0.4 is 5.32 Å². The first-order chi connectivity index (χ1) is 11.6. The van der Waals surface area contributed by atoms with Crippen LogP contribution in [-0.4, -0.2) is 18.2 Å². The Labute approximate surface area is 154 Å². The number of hydrogen-bond acceptors (Lipinski definition) is 3. The average molecular weight is 380 g/mol. The van der Waals surface area contributed by atoms with Gasteiger partial charge in [-0.2, -0.15) is 11.8 Å². The Kier molecular flexibility index (Phi) is 5.72. The molecule has 0 saturated heterocycles. The van der Waals surface area contributed by atoms with Crippen LogP contribution in [-0.2, 0) is 5.75 Å². The number of rotatable bonds is 6. The van der Waals surface area contributed by atoms with E-state index in [1.807, 2.05) is 42.5 Å². The van der Waals surface area contributed by atoms with Gasteiger partial charge in [0.1, 0.15) is 5.58 Å². The summed E-state index contributed by atoms with van der Waals surface area (Å²) < 4.78 is 5.53. The van der Waals surface area contributed by atoms with Gasteiger partial charge in [0.15, 0.2) is 5.76 Å². The molecule has 0 fully saturated rings. The van der Waals surface area contributed by atoms with Crippen molar-refractivity contribution in [1.29, 1.82) is 0 Å². The van der Waals surface area contributed by atoms with E-state index in [9.17, 15) is 4.79 Å². The maximum absolute atomic E-state index is 12.1. The summed E-state index contributed by atoms with van der Waals surface area (Å²) in [6.07, 6.45) is 0. The Morgan fingerprint density at radius 1 is 1.08 bits per heavy atom. The molecule has 1 aromatic heterocycles. The predicted octanol–water partition coefficient (Wildman–Crippen LogP) is 5.40. The van der Waals surface area contributed by atoms with Crippen molar-refractivity contribution in [2.45, 2.75) is 5.75 Å². The molecule has 2 aromatic carbocycles. The molecule has 0 spiro atoms. The Bertz CT molecular complexity index is 810. The van der Waals surface area contributed by atoms with Crippen LogP contribution in [0.2, 0.25) is 10.0 Å². The molecule has 0 atom stereocenters. The lowest BCUT2D eigenvalue weighted by Crippen LogP contribution is -2.25. The van der Waals surface area contributed by atoms with E-state index in [0.29, 0.717) is 33.7 Å². The normalized spacial score (nSPS) is 10.9. The number of amides is 1. The second-order valence-corrected chi connectivity index (χ2v) is 7.08. The summed E-state index contributed by atoms with van der Waals surface area (Å²) in [4.78, 5) is 12.1. The van der Waals surface area contributed by atoms with Gasteiger partial charge >= 0.3 is 0 Å². The minimum atomic E-state index is -0.206. The van der Waals surface area contributed by atoms with Crippen molar-refractivity contribution >= 4 is 51.8 Å². The van der Waals surface area contributed by atoms with E-state index in [0.717, 1.165) is 16.7 Å². The molecule has 3 nitrogen and oxygen atoms in total. The molecule has 1 heterocycles. The fourth-order valence-corrected chi connectivity index (χ4v) is 3.86. The van der Waals surface area contributed by atoms with E-state index < -0.39 is 0 Å². The summed E-state index contributed by atoms with van der Waals surface area (Å²) in [5, 5.41) is 5.11. The Hall–Kier alpha value is -1.62. The van der Waals surface area contributed by atoms with Gasteiger partial charge in [-0.1, -0.05) is 47.5 Å². The SMILES string of the molecule is O=C(NCCSCc1c(Cl)cccc1Cl)c1cc2ccccc2o1. The molecule has 0 aliphatic heterocycles. The van der Waals surface area contributed by atoms with Crippen molar-refractivity contribution in [3.05, 3.63) is 69.9 Å². The molecule has 124 valence electrons. The number of thioether (sulfide) groups is 1. The fraction of sp³-hybridized carbons (Fsp3) is 0.167. The van der Waals surface area contributed by atoms with Crippen LogP contribution in [0.5, 0.6) is 0 Å². The van der Waals surface area contributed by atoms with Gasteiger partial charge in [-0.15, -0.1) is 0 Å². The molecule has 1 amide bonds. The van der Waals surface area contributed by atoms with Gasteiger partial charge in [-0.05, 0) is 29.8 Å². The number of hydrogen-bond donors (Lipinski definition) is 1. The van der Waals surface area contributed by atoms with E-state index >= 15 is 0 Å². The van der Waals surface area contributed by atoms with Gasteiger partial charge in [0.05, 0.1) is 0 Å². The van der Waals surface area contributed by atoms with Crippen molar-refractivity contribution < 1.29 is 9.21 Å². The minimum absolute atomic E-state index is 0.206. The summed E-state index contributed by atoms with van der Waals surface area (Å²) in [5.41, 5.74) is 1.64. The summed E-state index contributed by atoms with van der Waals surface area (Å²) >= 11 is 13.9. The highest BCUT2D eigenvalue weighted by Crippen LogP contribution is 2.28. The highest BCUT2D eigenvalue weighted by Gasteiger charge is 2.11. The molecule has 3 rings (SSSR count). The number of halogens is 2.